The molecule has 2 aromatic rings. The number of aromatic carboxylic acids is 1. The van der Waals surface area contributed by atoms with Gasteiger partial charge in [0.15, 0.2) is 6.61 Å². The molecule has 0 saturated carbocycles. The molecule has 1 amide bonds. The number of hydrogen-bond donors (Lipinski definition) is 2. The molecular formula is C16H12Cl3NO4. The first kappa shape index (κ1) is 18.4. The lowest BCUT2D eigenvalue weighted by molar-refractivity contribution is -0.118. The number of carboxylic acid groups (broad SMARTS) is 1. The highest BCUT2D eigenvalue weighted by atomic mass is 35.5. The van der Waals surface area contributed by atoms with Crippen LogP contribution in [0.25, 0.3) is 0 Å². The van der Waals surface area contributed by atoms with Gasteiger partial charge in [-0.15, -0.1) is 0 Å². The Balaban J connectivity index is 2.04. The number of ether oxygens (including phenoxy) is 1. The molecule has 0 aliphatic carbocycles. The SMILES string of the molecule is Cc1cc(Cl)cc(Cl)c1OCC(=O)Nc1ccc(Cl)c(C(=O)O)c1. The average Bonchev–Trinajstić information content (AvgIpc) is 2.47. The molecule has 0 spiro atoms. The van der Waals surface area contributed by atoms with Crippen LogP contribution in [0.4, 0.5) is 5.69 Å². The molecule has 8 heteroatoms. The maximum atomic E-state index is 12.0. The van der Waals surface area contributed by atoms with Crippen LogP contribution in [-0.4, -0.2) is 23.6 Å². The van der Waals surface area contributed by atoms with Gasteiger partial charge in [0, 0.05) is 10.7 Å². The summed E-state index contributed by atoms with van der Waals surface area (Å²) in [5, 5.41) is 12.4. The third kappa shape index (κ3) is 4.54. The van der Waals surface area contributed by atoms with Gasteiger partial charge in [0.1, 0.15) is 5.75 Å². The molecule has 2 aromatic carbocycles. The number of carbonyl (C=O) groups excluding carboxylic acids is 1. The number of benzene rings is 2. The van der Waals surface area contributed by atoms with Crippen LogP contribution in [0.3, 0.4) is 0 Å². The van der Waals surface area contributed by atoms with Crippen molar-refractivity contribution in [1.82, 2.24) is 0 Å². The Morgan fingerprint density at radius 1 is 1.12 bits per heavy atom. The number of nitrogens with one attached hydrogen (secondary N) is 1. The summed E-state index contributed by atoms with van der Waals surface area (Å²) in [4.78, 5) is 23.0. The van der Waals surface area contributed by atoms with Gasteiger partial charge in [-0.3, -0.25) is 4.79 Å². The molecule has 0 heterocycles. The molecular weight excluding hydrogens is 377 g/mol. The topological polar surface area (TPSA) is 75.6 Å². The quantitative estimate of drug-likeness (QED) is 0.780. The van der Waals surface area contributed by atoms with Gasteiger partial charge < -0.3 is 15.2 Å². The molecule has 0 aromatic heterocycles. The lowest BCUT2D eigenvalue weighted by Gasteiger charge is -2.12. The molecule has 126 valence electrons. The van der Waals surface area contributed by atoms with Crippen LogP contribution in [0.5, 0.6) is 5.75 Å². The molecule has 24 heavy (non-hydrogen) atoms. The number of hydrogen-bond acceptors (Lipinski definition) is 3. The lowest BCUT2D eigenvalue weighted by atomic mass is 10.2. The Bertz CT molecular complexity index is 785. The van der Waals surface area contributed by atoms with Crippen molar-refractivity contribution in [1.29, 1.82) is 0 Å². The van der Waals surface area contributed by atoms with Gasteiger partial charge >= 0.3 is 5.97 Å². The second-order valence-electron chi connectivity index (χ2n) is 4.87. The van der Waals surface area contributed by atoms with E-state index in [1.165, 1.54) is 24.3 Å². The van der Waals surface area contributed by atoms with Gasteiger partial charge in [-0.05, 0) is 42.8 Å². The summed E-state index contributed by atoms with van der Waals surface area (Å²) in [6.07, 6.45) is 0. The number of halogens is 3. The Morgan fingerprint density at radius 2 is 1.83 bits per heavy atom. The molecule has 0 aliphatic rings. The molecule has 0 unspecified atom stereocenters. The van der Waals surface area contributed by atoms with Gasteiger partial charge in [0.2, 0.25) is 0 Å². The number of aryl methyl sites for hydroxylation is 1. The molecule has 5 nitrogen and oxygen atoms in total. The van der Waals surface area contributed by atoms with Crippen LogP contribution in [0.15, 0.2) is 30.3 Å². The first-order valence-electron chi connectivity index (χ1n) is 6.69. The highest BCUT2D eigenvalue weighted by molar-refractivity contribution is 6.35. The van der Waals surface area contributed by atoms with Gasteiger partial charge in [-0.1, -0.05) is 34.8 Å². The zero-order valence-electron chi connectivity index (χ0n) is 12.4. The Morgan fingerprint density at radius 3 is 2.46 bits per heavy atom. The van der Waals surface area contributed by atoms with Crippen molar-refractivity contribution < 1.29 is 19.4 Å². The number of amides is 1. The van der Waals surface area contributed by atoms with Gasteiger partial charge in [-0.25, -0.2) is 4.79 Å². The van der Waals surface area contributed by atoms with Crippen LogP contribution in [0.1, 0.15) is 15.9 Å². The molecule has 2 rings (SSSR count). The summed E-state index contributed by atoms with van der Waals surface area (Å²) in [6, 6.07) is 7.33. The minimum Gasteiger partial charge on any atom is -0.482 e. The van der Waals surface area contributed by atoms with Crippen molar-refractivity contribution >= 4 is 52.4 Å². The number of rotatable bonds is 5. The lowest BCUT2D eigenvalue weighted by Crippen LogP contribution is -2.20. The second-order valence-corrected chi connectivity index (χ2v) is 6.12. The van der Waals surface area contributed by atoms with E-state index in [0.717, 1.165) is 0 Å². The number of carbonyl (C=O) groups is 2. The molecule has 0 radical (unpaired) electrons. The van der Waals surface area contributed by atoms with Crippen LogP contribution in [0.2, 0.25) is 15.1 Å². The summed E-state index contributed by atoms with van der Waals surface area (Å²) < 4.78 is 5.41. The minimum absolute atomic E-state index is 0.0836. The first-order valence-corrected chi connectivity index (χ1v) is 7.82. The molecule has 0 bridgehead atoms. The van der Waals surface area contributed by atoms with Crippen molar-refractivity contribution in [2.24, 2.45) is 0 Å². The number of carboxylic acids is 1. The monoisotopic (exact) mass is 387 g/mol. The van der Waals surface area contributed by atoms with Crippen molar-refractivity contribution in [3.05, 3.63) is 56.5 Å². The Hall–Kier alpha value is -1.95. The van der Waals surface area contributed by atoms with Crippen LogP contribution >= 0.6 is 34.8 Å². The van der Waals surface area contributed by atoms with Crippen LogP contribution in [-0.2, 0) is 4.79 Å². The minimum atomic E-state index is -1.18. The van der Waals surface area contributed by atoms with E-state index < -0.39 is 11.9 Å². The van der Waals surface area contributed by atoms with E-state index in [2.05, 4.69) is 5.32 Å². The Kier molecular flexibility index (Phi) is 5.94. The summed E-state index contributed by atoms with van der Waals surface area (Å²) in [7, 11) is 0. The summed E-state index contributed by atoms with van der Waals surface area (Å²) in [5.41, 5.74) is 0.885. The van der Waals surface area contributed by atoms with E-state index in [1.807, 2.05) is 0 Å². The van der Waals surface area contributed by atoms with E-state index in [9.17, 15) is 9.59 Å². The fourth-order valence-electron chi connectivity index (χ4n) is 1.97. The predicted molar refractivity (Wildman–Crippen MR) is 93.7 cm³/mol. The molecule has 0 fully saturated rings. The normalized spacial score (nSPS) is 10.3. The molecule has 0 atom stereocenters. The highest BCUT2D eigenvalue weighted by Crippen LogP contribution is 2.31. The Labute approximate surface area is 153 Å². The van der Waals surface area contributed by atoms with Crippen molar-refractivity contribution in [3.63, 3.8) is 0 Å². The zero-order valence-corrected chi connectivity index (χ0v) is 14.7. The van der Waals surface area contributed by atoms with Gasteiger partial charge in [0.25, 0.3) is 5.91 Å². The predicted octanol–water partition coefficient (Wildman–Crippen LogP) is 4.67. The van der Waals surface area contributed by atoms with Gasteiger partial charge in [-0.2, -0.15) is 0 Å². The second kappa shape index (κ2) is 7.75. The van der Waals surface area contributed by atoms with E-state index in [4.69, 9.17) is 44.6 Å². The molecule has 2 N–H and O–H groups in total. The molecule has 0 aliphatic heterocycles. The van der Waals surface area contributed by atoms with E-state index in [1.54, 1.807) is 13.0 Å². The summed E-state index contributed by atoms with van der Waals surface area (Å²) in [5.74, 6) is -1.30. The van der Waals surface area contributed by atoms with Crippen molar-refractivity contribution in [2.75, 3.05) is 11.9 Å². The van der Waals surface area contributed by atoms with E-state index in [-0.39, 0.29) is 17.2 Å². The fourth-order valence-corrected chi connectivity index (χ4v) is 2.82. The number of anilines is 1. The highest BCUT2D eigenvalue weighted by Gasteiger charge is 2.13. The largest absolute Gasteiger partial charge is 0.482 e. The smallest absolute Gasteiger partial charge is 0.337 e. The summed E-state index contributed by atoms with van der Waals surface area (Å²) in [6.45, 7) is 1.45. The maximum absolute atomic E-state index is 12.0. The maximum Gasteiger partial charge on any atom is 0.337 e. The van der Waals surface area contributed by atoms with E-state index in [0.29, 0.717) is 27.0 Å². The van der Waals surface area contributed by atoms with Crippen molar-refractivity contribution in [2.45, 2.75) is 6.92 Å². The van der Waals surface area contributed by atoms with E-state index >= 15 is 0 Å². The third-order valence-corrected chi connectivity index (χ3v) is 3.85. The molecule has 0 saturated heterocycles. The zero-order chi connectivity index (χ0) is 17.9. The van der Waals surface area contributed by atoms with Crippen molar-refractivity contribution in [3.8, 4) is 5.75 Å². The average molecular weight is 389 g/mol. The standard InChI is InChI=1S/C16H12Cl3NO4/c1-8-4-9(17)5-13(19)15(8)24-7-14(21)20-10-2-3-12(18)11(6-10)16(22)23/h2-6H,7H2,1H3,(H,20,21)(H,22,23). The third-order valence-electron chi connectivity index (χ3n) is 3.02. The van der Waals surface area contributed by atoms with Gasteiger partial charge in [0.05, 0.1) is 15.6 Å². The van der Waals surface area contributed by atoms with Crippen LogP contribution < -0.4 is 10.1 Å². The fraction of sp³-hybridized carbons (Fsp3) is 0.125. The first-order chi connectivity index (χ1) is 11.3. The summed E-state index contributed by atoms with van der Waals surface area (Å²) >= 11 is 17.7. The van der Waals surface area contributed by atoms with Crippen LogP contribution in [0, 0.1) is 6.92 Å².